The van der Waals surface area contributed by atoms with Crippen LogP contribution in [-0.4, -0.2) is 100 Å². The van der Waals surface area contributed by atoms with E-state index < -0.39 is 54.2 Å². The van der Waals surface area contributed by atoms with Crippen molar-refractivity contribution in [2.24, 2.45) is 0 Å². The van der Waals surface area contributed by atoms with Crippen LogP contribution in [0.2, 0.25) is 13.1 Å². The number of carbonyl (C=O) groups is 2. The van der Waals surface area contributed by atoms with Crippen LogP contribution in [0.4, 0.5) is 18.9 Å². The first-order valence-corrected chi connectivity index (χ1v) is 22.6. The van der Waals surface area contributed by atoms with Crippen LogP contribution in [-0.2, 0) is 14.2 Å². The van der Waals surface area contributed by atoms with Gasteiger partial charge >= 0.3 is 11.9 Å². The lowest BCUT2D eigenvalue weighted by Gasteiger charge is -2.38. The molecule has 0 atom stereocenters. The molecular formula is C41H49ClF3N2O6Si+. The van der Waals surface area contributed by atoms with Gasteiger partial charge < -0.3 is 24.2 Å². The van der Waals surface area contributed by atoms with Gasteiger partial charge in [-0.3, -0.25) is 0 Å². The van der Waals surface area contributed by atoms with Crippen LogP contribution in [0, 0.1) is 17.5 Å². The van der Waals surface area contributed by atoms with Gasteiger partial charge in [0.1, 0.15) is 44.7 Å². The second kappa shape index (κ2) is 17.8. The number of unbranched alkanes of at least 4 members (excludes halogenated alkanes) is 3. The summed E-state index contributed by atoms with van der Waals surface area (Å²) in [7, 11) is -2.57. The number of carboxylic acids is 1. The number of alkyl halides is 1. The minimum Gasteiger partial charge on any atom is -0.478 e. The first-order valence-electron chi connectivity index (χ1n) is 19.1. The summed E-state index contributed by atoms with van der Waals surface area (Å²) in [6.07, 6.45) is 14.0. The number of allylic oxidation sites excluding steroid dienone is 5. The summed E-state index contributed by atoms with van der Waals surface area (Å²) >= 11 is 5.69. The number of ether oxygens (including phenoxy) is 3. The molecule has 3 aliphatic heterocycles. The SMILES string of the molecule is C[Si]1(C)C2=CC(=[N+]3CCCC3)C=CC2=C(c2c(F)c(C(=O)OCCOCCOCCCCCCCl)c(F)c(F)c2C(=O)O)c2ccc(N3CCCC3)cc21. The van der Waals surface area contributed by atoms with E-state index in [4.69, 9.17) is 25.8 Å². The summed E-state index contributed by atoms with van der Waals surface area (Å²) in [5.74, 6) is -7.91. The Morgan fingerprint density at radius 1 is 0.852 bits per heavy atom. The molecule has 0 bridgehead atoms. The van der Waals surface area contributed by atoms with E-state index in [1.54, 1.807) is 0 Å². The van der Waals surface area contributed by atoms with Crippen molar-refractivity contribution in [3.05, 3.63) is 86.9 Å². The minimum absolute atomic E-state index is 0.0901. The number of halogens is 4. The van der Waals surface area contributed by atoms with Gasteiger partial charge in [0.25, 0.3) is 0 Å². The molecule has 2 aromatic carbocycles. The lowest BCUT2D eigenvalue weighted by atomic mass is 9.85. The van der Waals surface area contributed by atoms with E-state index in [9.17, 15) is 14.7 Å². The maximum atomic E-state index is 17.0. The van der Waals surface area contributed by atoms with E-state index in [0.717, 1.165) is 99.3 Å². The average Bonchev–Trinajstić information content (AvgIpc) is 3.90. The van der Waals surface area contributed by atoms with Crippen LogP contribution < -0.4 is 10.1 Å². The Labute approximate surface area is 320 Å². The van der Waals surface area contributed by atoms with E-state index in [-0.39, 0.29) is 25.4 Å². The van der Waals surface area contributed by atoms with E-state index in [1.807, 2.05) is 24.3 Å². The highest BCUT2D eigenvalue weighted by atomic mass is 35.5. The molecule has 2 fully saturated rings. The van der Waals surface area contributed by atoms with Gasteiger partial charge in [-0.2, -0.15) is 0 Å². The number of hydrogen-bond acceptors (Lipinski definition) is 6. The van der Waals surface area contributed by atoms with Gasteiger partial charge in [-0.15, -0.1) is 11.6 Å². The molecule has 6 rings (SSSR count). The molecule has 290 valence electrons. The lowest BCUT2D eigenvalue weighted by Crippen LogP contribution is -2.50. The molecule has 0 saturated carbocycles. The number of esters is 1. The largest absolute Gasteiger partial charge is 0.478 e. The standard InChI is InChI=1S/C41H48ClF3N2O6Si/c1-54(2)31-25-27(46-16-6-7-17-46)11-13-29(31)33(30-14-12-28(26-32(30)54)47-18-8-9-19-47)34-35(40(48)49)38(44)39(45)36(37(34)43)41(50)53-24-23-52-22-21-51-20-10-4-3-5-15-42/h11-14,25-26H,3-10,15-24H2,1-2H3/p+1. The third-order valence-electron chi connectivity index (χ3n) is 10.8. The van der Waals surface area contributed by atoms with Gasteiger partial charge in [0.2, 0.25) is 0 Å². The van der Waals surface area contributed by atoms with Crippen molar-refractivity contribution < 1.29 is 46.7 Å². The summed E-state index contributed by atoms with van der Waals surface area (Å²) in [6.45, 7) is 8.63. The zero-order chi connectivity index (χ0) is 38.4. The molecule has 0 amide bonds. The second-order valence-corrected chi connectivity index (χ2v) is 19.4. The molecule has 2 aromatic rings. The van der Waals surface area contributed by atoms with Crippen molar-refractivity contribution in [2.75, 3.05) is 70.0 Å². The first kappa shape index (κ1) is 40.0. The van der Waals surface area contributed by atoms with Gasteiger partial charge in [0.05, 0.1) is 19.8 Å². The Balaban J connectivity index is 1.35. The molecule has 0 unspecified atom stereocenters. The molecule has 2 saturated heterocycles. The second-order valence-electron chi connectivity index (χ2n) is 14.7. The quantitative estimate of drug-likeness (QED) is 0.0474. The molecule has 3 heterocycles. The normalized spacial score (nSPS) is 17.6. The Hall–Kier alpha value is -3.71. The predicted octanol–water partition coefficient (Wildman–Crippen LogP) is 7.41. The highest BCUT2D eigenvalue weighted by molar-refractivity contribution is 6.98. The van der Waals surface area contributed by atoms with Crippen molar-refractivity contribution in [1.29, 1.82) is 0 Å². The van der Waals surface area contributed by atoms with Crippen LogP contribution in [0.5, 0.6) is 0 Å². The average molecular weight is 786 g/mol. The van der Waals surface area contributed by atoms with Crippen molar-refractivity contribution in [3.63, 3.8) is 0 Å². The third-order valence-corrected chi connectivity index (χ3v) is 14.6. The summed E-state index contributed by atoms with van der Waals surface area (Å²) in [4.78, 5) is 28.3. The number of aromatic carboxylic acids is 1. The molecule has 0 radical (unpaired) electrons. The van der Waals surface area contributed by atoms with Crippen LogP contribution in [0.15, 0.2) is 47.2 Å². The maximum absolute atomic E-state index is 17.0. The predicted molar refractivity (Wildman–Crippen MR) is 207 cm³/mol. The number of carboxylic acid groups (broad SMARTS) is 1. The number of nitrogens with zero attached hydrogens (tertiary/aromatic N) is 2. The number of carbonyl (C=O) groups excluding carboxylic acids is 1. The fourth-order valence-corrected chi connectivity index (χ4v) is 11.2. The molecule has 13 heteroatoms. The van der Waals surface area contributed by atoms with Crippen LogP contribution in [0.3, 0.4) is 0 Å². The molecule has 1 aliphatic carbocycles. The molecule has 54 heavy (non-hydrogen) atoms. The zero-order valence-corrected chi connectivity index (χ0v) is 32.8. The van der Waals surface area contributed by atoms with Crippen LogP contribution in [0.1, 0.15) is 83.2 Å². The summed E-state index contributed by atoms with van der Waals surface area (Å²) in [5, 5.41) is 12.2. The van der Waals surface area contributed by atoms with Crippen molar-refractivity contribution in [2.45, 2.75) is 64.5 Å². The lowest BCUT2D eigenvalue weighted by molar-refractivity contribution is -0.504. The van der Waals surface area contributed by atoms with Gasteiger partial charge in [-0.25, -0.2) is 27.3 Å². The Morgan fingerprint density at radius 3 is 2.22 bits per heavy atom. The molecular weight excluding hydrogens is 737 g/mol. The molecule has 1 N–H and O–H groups in total. The summed E-state index contributed by atoms with van der Waals surface area (Å²) in [6, 6.07) is 5.84. The number of rotatable bonds is 16. The van der Waals surface area contributed by atoms with Crippen LogP contribution >= 0.6 is 11.6 Å². The maximum Gasteiger partial charge on any atom is 0.344 e. The monoisotopic (exact) mass is 785 g/mol. The van der Waals surface area contributed by atoms with Crippen molar-refractivity contribution in [3.8, 4) is 0 Å². The molecule has 0 aromatic heterocycles. The number of benzene rings is 2. The van der Waals surface area contributed by atoms with Gasteiger partial charge in [0.15, 0.2) is 17.3 Å². The van der Waals surface area contributed by atoms with E-state index in [1.165, 1.54) is 0 Å². The fourth-order valence-electron chi connectivity index (χ4n) is 7.95. The molecule has 0 spiro atoms. The minimum atomic E-state index is -2.57. The summed E-state index contributed by atoms with van der Waals surface area (Å²) in [5.41, 5.74) is 0.0467. The zero-order valence-electron chi connectivity index (χ0n) is 31.1. The highest BCUT2D eigenvalue weighted by Crippen LogP contribution is 2.45. The smallest absolute Gasteiger partial charge is 0.344 e. The topological polar surface area (TPSA) is 88.3 Å². The Morgan fingerprint density at radius 2 is 1.52 bits per heavy atom. The van der Waals surface area contributed by atoms with E-state index in [2.05, 4.69) is 34.7 Å². The van der Waals surface area contributed by atoms with E-state index in [0.29, 0.717) is 30.2 Å². The Kier molecular flexibility index (Phi) is 13.2. The summed E-state index contributed by atoms with van der Waals surface area (Å²) < 4.78 is 67.1. The molecule has 8 nitrogen and oxygen atoms in total. The van der Waals surface area contributed by atoms with Gasteiger partial charge in [0, 0.05) is 61.8 Å². The third kappa shape index (κ3) is 8.27. The highest BCUT2D eigenvalue weighted by Gasteiger charge is 2.44. The Bertz CT molecular complexity index is 1900. The number of hydrogen-bond donors (Lipinski definition) is 1. The van der Waals surface area contributed by atoms with Gasteiger partial charge in [-0.05, 0) is 71.0 Å². The van der Waals surface area contributed by atoms with Crippen molar-refractivity contribution in [1.82, 2.24) is 0 Å². The fraction of sp³-hybridized carbons (Fsp3) is 0.488. The first-order chi connectivity index (χ1) is 26.1. The number of fused-ring (bicyclic) bond motifs is 2. The van der Waals surface area contributed by atoms with Gasteiger partial charge in [-0.1, -0.05) is 32.0 Å². The van der Waals surface area contributed by atoms with Crippen LogP contribution in [0.25, 0.3) is 5.57 Å². The molecule has 4 aliphatic rings. The number of anilines is 1. The van der Waals surface area contributed by atoms with E-state index >= 15 is 13.2 Å². The van der Waals surface area contributed by atoms with Crippen molar-refractivity contribution >= 4 is 53.8 Å².